The fourth-order valence-electron chi connectivity index (χ4n) is 2.75. The first-order chi connectivity index (χ1) is 9.74. The van der Waals surface area contributed by atoms with Crippen LogP contribution < -0.4 is 5.32 Å². The van der Waals surface area contributed by atoms with Crippen molar-refractivity contribution >= 4 is 28.3 Å². The Hall–Kier alpha value is -1.47. The minimum absolute atomic E-state index is 0.0798. The van der Waals surface area contributed by atoms with E-state index < -0.39 is 0 Å². The zero-order chi connectivity index (χ0) is 13.9. The van der Waals surface area contributed by atoms with Crippen molar-refractivity contribution in [1.82, 2.24) is 9.88 Å². The molecule has 0 saturated carbocycles. The number of amides is 2. The van der Waals surface area contributed by atoms with E-state index in [1.54, 1.807) is 6.20 Å². The highest BCUT2D eigenvalue weighted by Gasteiger charge is 2.38. The summed E-state index contributed by atoms with van der Waals surface area (Å²) in [5, 5.41) is 5.17. The van der Waals surface area contributed by atoms with Crippen molar-refractivity contribution in [3.8, 4) is 0 Å². The van der Waals surface area contributed by atoms with Crippen LogP contribution in [0.2, 0.25) is 0 Å². The molecule has 1 aromatic rings. The normalized spacial score (nSPS) is 24.1. The zero-order valence-corrected chi connectivity index (χ0v) is 11.9. The first kappa shape index (κ1) is 13.5. The maximum Gasteiger partial charge on any atom is 0.231 e. The Labute approximate surface area is 121 Å². The third-order valence-electron chi connectivity index (χ3n) is 3.82. The van der Waals surface area contributed by atoms with Crippen LogP contribution in [0, 0.1) is 5.92 Å². The lowest BCUT2D eigenvalue weighted by molar-refractivity contribution is -0.131. The van der Waals surface area contributed by atoms with Crippen molar-refractivity contribution in [2.75, 3.05) is 25.1 Å². The van der Waals surface area contributed by atoms with Gasteiger partial charge in [-0.3, -0.25) is 9.59 Å². The summed E-state index contributed by atoms with van der Waals surface area (Å²) in [5.74, 6) is -0.298. The summed E-state index contributed by atoms with van der Waals surface area (Å²) in [7, 11) is 0. The number of hydrogen-bond acceptors (Lipinski definition) is 5. The van der Waals surface area contributed by atoms with Crippen molar-refractivity contribution in [2.45, 2.75) is 25.3 Å². The van der Waals surface area contributed by atoms with E-state index in [0.29, 0.717) is 31.3 Å². The summed E-state index contributed by atoms with van der Waals surface area (Å²) in [4.78, 5) is 30.1. The molecule has 1 aromatic heterocycles. The van der Waals surface area contributed by atoms with Crippen LogP contribution in [0.25, 0.3) is 0 Å². The molecule has 7 heteroatoms. The van der Waals surface area contributed by atoms with E-state index >= 15 is 0 Å². The minimum Gasteiger partial charge on any atom is -0.381 e. The molecule has 2 aliphatic rings. The summed E-state index contributed by atoms with van der Waals surface area (Å²) in [6.07, 6.45) is 3.68. The second-order valence-electron chi connectivity index (χ2n) is 5.12. The highest BCUT2D eigenvalue weighted by atomic mass is 32.1. The summed E-state index contributed by atoms with van der Waals surface area (Å²) in [6.45, 7) is 1.91. The number of rotatable bonds is 3. The maximum absolute atomic E-state index is 12.1. The van der Waals surface area contributed by atoms with Crippen molar-refractivity contribution in [3.63, 3.8) is 0 Å². The van der Waals surface area contributed by atoms with Crippen LogP contribution in [0.1, 0.15) is 19.3 Å². The van der Waals surface area contributed by atoms with Gasteiger partial charge in [0.1, 0.15) is 0 Å². The number of thiazole rings is 1. The molecule has 1 N–H and O–H groups in total. The molecular formula is C13H17N3O3S. The SMILES string of the molecule is O=C(Nc1nccs1)C1CC(=O)N(C2CCOCC2)C1. The summed E-state index contributed by atoms with van der Waals surface area (Å²) in [6, 6.07) is 0.230. The van der Waals surface area contributed by atoms with Crippen LogP contribution in [-0.4, -0.2) is 47.5 Å². The second kappa shape index (κ2) is 5.88. The zero-order valence-electron chi connectivity index (χ0n) is 11.1. The third-order valence-corrected chi connectivity index (χ3v) is 4.51. The van der Waals surface area contributed by atoms with Gasteiger partial charge < -0.3 is 15.0 Å². The Bertz CT molecular complexity index is 485. The lowest BCUT2D eigenvalue weighted by Gasteiger charge is -2.31. The molecule has 1 atom stereocenters. The molecule has 1 unspecified atom stereocenters. The smallest absolute Gasteiger partial charge is 0.231 e. The van der Waals surface area contributed by atoms with Crippen LogP contribution in [0.15, 0.2) is 11.6 Å². The lowest BCUT2D eigenvalue weighted by Crippen LogP contribution is -2.40. The molecule has 0 aromatic carbocycles. The van der Waals surface area contributed by atoms with E-state index in [1.807, 2.05) is 10.3 Å². The molecule has 0 aliphatic carbocycles. The Morgan fingerprint density at radius 1 is 1.45 bits per heavy atom. The van der Waals surface area contributed by atoms with Gasteiger partial charge in [0.05, 0.1) is 5.92 Å². The molecule has 3 heterocycles. The van der Waals surface area contributed by atoms with Crippen molar-refractivity contribution < 1.29 is 14.3 Å². The van der Waals surface area contributed by atoms with E-state index in [4.69, 9.17) is 4.74 Å². The van der Waals surface area contributed by atoms with E-state index in [-0.39, 0.29) is 23.8 Å². The van der Waals surface area contributed by atoms with E-state index in [2.05, 4.69) is 10.3 Å². The predicted octanol–water partition coefficient (Wildman–Crippen LogP) is 1.11. The molecule has 2 saturated heterocycles. The van der Waals surface area contributed by atoms with Gasteiger partial charge in [-0.25, -0.2) is 4.98 Å². The summed E-state index contributed by atoms with van der Waals surface area (Å²) >= 11 is 1.38. The Balaban J connectivity index is 1.59. The van der Waals surface area contributed by atoms with Gasteiger partial charge in [0, 0.05) is 43.8 Å². The van der Waals surface area contributed by atoms with Crippen LogP contribution in [0.3, 0.4) is 0 Å². The van der Waals surface area contributed by atoms with E-state index in [9.17, 15) is 9.59 Å². The van der Waals surface area contributed by atoms with Gasteiger partial charge in [-0.1, -0.05) is 0 Å². The average Bonchev–Trinajstić information content (AvgIpc) is 3.09. The van der Waals surface area contributed by atoms with Gasteiger partial charge in [0.2, 0.25) is 11.8 Å². The lowest BCUT2D eigenvalue weighted by atomic mass is 10.1. The molecule has 108 valence electrons. The Kier molecular flexibility index (Phi) is 3.98. The Morgan fingerprint density at radius 2 is 2.25 bits per heavy atom. The van der Waals surface area contributed by atoms with E-state index in [0.717, 1.165) is 12.8 Å². The number of anilines is 1. The molecule has 6 nitrogen and oxygen atoms in total. The van der Waals surface area contributed by atoms with E-state index in [1.165, 1.54) is 11.3 Å². The molecule has 0 spiro atoms. The Morgan fingerprint density at radius 3 is 2.95 bits per heavy atom. The molecule has 2 amide bonds. The number of hydrogen-bond donors (Lipinski definition) is 1. The largest absolute Gasteiger partial charge is 0.381 e. The molecule has 3 rings (SSSR count). The molecular weight excluding hydrogens is 278 g/mol. The first-order valence-electron chi connectivity index (χ1n) is 6.81. The highest BCUT2D eigenvalue weighted by Crippen LogP contribution is 2.26. The van der Waals surface area contributed by atoms with Crippen LogP contribution in [-0.2, 0) is 14.3 Å². The van der Waals surface area contributed by atoms with Gasteiger partial charge in [0.15, 0.2) is 5.13 Å². The predicted molar refractivity (Wildman–Crippen MR) is 74.4 cm³/mol. The number of aromatic nitrogens is 1. The van der Waals surface area contributed by atoms with Gasteiger partial charge >= 0.3 is 0 Å². The van der Waals surface area contributed by atoms with Gasteiger partial charge in [-0.15, -0.1) is 11.3 Å². The second-order valence-corrected chi connectivity index (χ2v) is 6.01. The summed E-state index contributed by atoms with van der Waals surface area (Å²) in [5.41, 5.74) is 0. The van der Waals surface area contributed by atoms with Crippen molar-refractivity contribution in [3.05, 3.63) is 11.6 Å². The highest BCUT2D eigenvalue weighted by molar-refractivity contribution is 7.13. The fourth-order valence-corrected chi connectivity index (χ4v) is 3.28. The van der Waals surface area contributed by atoms with Crippen molar-refractivity contribution in [2.24, 2.45) is 5.92 Å². The summed E-state index contributed by atoms with van der Waals surface area (Å²) < 4.78 is 5.31. The number of nitrogens with zero attached hydrogens (tertiary/aromatic N) is 2. The topological polar surface area (TPSA) is 71.5 Å². The first-order valence-corrected chi connectivity index (χ1v) is 7.69. The fraction of sp³-hybridized carbons (Fsp3) is 0.615. The minimum atomic E-state index is -0.269. The molecule has 20 heavy (non-hydrogen) atoms. The molecule has 0 radical (unpaired) electrons. The molecule has 2 aliphatic heterocycles. The van der Waals surface area contributed by atoms with Gasteiger partial charge in [0.25, 0.3) is 0 Å². The van der Waals surface area contributed by atoms with Crippen molar-refractivity contribution in [1.29, 1.82) is 0 Å². The molecule has 2 fully saturated rings. The van der Waals surface area contributed by atoms with Gasteiger partial charge in [-0.2, -0.15) is 0 Å². The molecule has 0 bridgehead atoms. The number of carbonyl (C=O) groups excluding carboxylic acids is 2. The van der Waals surface area contributed by atoms with Crippen LogP contribution >= 0.6 is 11.3 Å². The van der Waals surface area contributed by atoms with Gasteiger partial charge in [-0.05, 0) is 12.8 Å². The van der Waals surface area contributed by atoms with Crippen LogP contribution in [0.4, 0.5) is 5.13 Å². The van der Waals surface area contributed by atoms with Crippen LogP contribution in [0.5, 0.6) is 0 Å². The average molecular weight is 295 g/mol. The standard InChI is InChI=1S/C13H17N3O3S/c17-11-7-9(12(18)15-13-14-3-6-20-13)8-16(11)10-1-4-19-5-2-10/h3,6,9-10H,1-2,4-5,7-8H2,(H,14,15,18). The monoisotopic (exact) mass is 295 g/mol. The maximum atomic E-state index is 12.1. The third kappa shape index (κ3) is 2.83. The number of likely N-dealkylation sites (tertiary alicyclic amines) is 1. The number of carbonyl (C=O) groups is 2. The number of ether oxygens (including phenoxy) is 1. The quantitative estimate of drug-likeness (QED) is 0.906. The number of nitrogens with one attached hydrogen (secondary N) is 1.